The number of sulfonamides is 1. The minimum absolute atomic E-state index is 0.00550. The van der Waals surface area contributed by atoms with Crippen LogP contribution in [-0.2, 0) is 14.8 Å². The summed E-state index contributed by atoms with van der Waals surface area (Å²) >= 11 is 6.03. The fourth-order valence-electron chi connectivity index (χ4n) is 4.54. The summed E-state index contributed by atoms with van der Waals surface area (Å²) in [5.41, 5.74) is 1.45. The molecule has 1 aromatic carbocycles. The molecule has 188 valence electrons. The molecule has 3 aromatic rings. The molecule has 9 nitrogen and oxygen atoms in total. The van der Waals surface area contributed by atoms with Gasteiger partial charge in [-0.25, -0.2) is 9.71 Å². The zero-order chi connectivity index (χ0) is 25.5. The van der Waals surface area contributed by atoms with Crippen molar-refractivity contribution in [2.45, 2.75) is 64.0 Å². The molecule has 4 rings (SSSR count). The van der Waals surface area contributed by atoms with Crippen LogP contribution >= 0.6 is 11.6 Å². The van der Waals surface area contributed by atoms with Gasteiger partial charge in [0.1, 0.15) is 5.52 Å². The highest BCUT2D eigenvalue weighted by Gasteiger charge is 2.44. The molecule has 0 unspecified atom stereocenters. The van der Waals surface area contributed by atoms with Gasteiger partial charge in [0, 0.05) is 22.9 Å². The average molecular weight is 522 g/mol. The maximum absolute atomic E-state index is 12.6. The molecule has 2 heterocycles. The van der Waals surface area contributed by atoms with Crippen LogP contribution in [0.3, 0.4) is 0 Å². The largest absolute Gasteiger partial charge is 0.440 e. The van der Waals surface area contributed by atoms with E-state index in [1.807, 2.05) is 17.7 Å². The van der Waals surface area contributed by atoms with Gasteiger partial charge in [-0.3, -0.25) is 9.59 Å². The minimum atomic E-state index is -4.18. The highest BCUT2D eigenvalue weighted by Crippen LogP contribution is 2.53. The first-order valence-corrected chi connectivity index (χ1v) is 13.2. The van der Waals surface area contributed by atoms with Crippen LogP contribution in [-0.4, -0.2) is 31.3 Å². The summed E-state index contributed by atoms with van der Waals surface area (Å²) in [5, 5.41) is 2.98. The molecule has 1 atom stereocenters. The molecular weight excluding hydrogens is 494 g/mol. The normalized spacial score (nSPS) is 21.0. The van der Waals surface area contributed by atoms with E-state index in [1.54, 1.807) is 26.0 Å². The van der Waals surface area contributed by atoms with E-state index in [2.05, 4.69) is 17.2 Å². The molecule has 1 aliphatic rings. The second kappa shape index (κ2) is 9.31. The SMILES string of the molecule is CC(C)C(=O)NS(=O)(=O)c1ccc(C(=O)N[C@@H](C)C[C@]2(C)C[C@H](c3nc4cc(Cl)ccc4o3)C2)o1. The van der Waals surface area contributed by atoms with Crippen molar-refractivity contribution in [2.75, 3.05) is 0 Å². The van der Waals surface area contributed by atoms with Crippen LogP contribution in [0.15, 0.2) is 44.3 Å². The van der Waals surface area contributed by atoms with Crippen molar-refractivity contribution in [2.24, 2.45) is 11.3 Å². The summed E-state index contributed by atoms with van der Waals surface area (Å²) in [7, 11) is -4.18. The Morgan fingerprint density at radius 3 is 2.57 bits per heavy atom. The van der Waals surface area contributed by atoms with Crippen LogP contribution in [0, 0.1) is 11.3 Å². The third kappa shape index (κ3) is 5.54. The number of hydrogen-bond donors (Lipinski definition) is 2. The summed E-state index contributed by atoms with van der Waals surface area (Å²) in [5.74, 6) is -0.939. The maximum Gasteiger partial charge on any atom is 0.297 e. The monoisotopic (exact) mass is 521 g/mol. The number of furan rings is 1. The number of fused-ring (bicyclic) bond motifs is 1. The van der Waals surface area contributed by atoms with E-state index in [0.29, 0.717) is 16.5 Å². The first-order valence-electron chi connectivity index (χ1n) is 11.4. The molecule has 2 aromatic heterocycles. The van der Waals surface area contributed by atoms with Gasteiger partial charge in [0.05, 0.1) is 0 Å². The fourth-order valence-corrected chi connectivity index (χ4v) is 5.75. The molecule has 0 radical (unpaired) electrons. The zero-order valence-corrected chi connectivity index (χ0v) is 21.5. The van der Waals surface area contributed by atoms with Crippen LogP contribution < -0.4 is 10.0 Å². The van der Waals surface area contributed by atoms with Gasteiger partial charge in [-0.15, -0.1) is 0 Å². The number of nitrogens with one attached hydrogen (secondary N) is 2. The molecule has 1 aliphatic carbocycles. The Labute approximate surface area is 208 Å². The molecule has 0 bridgehead atoms. The lowest BCUT2D eigenvalue weighted by Gasteiger charge is -2.45. The fraction of sp³-hybridized carbons (Fsp3) is 0.458. The van der Waals surface area contributed by atoms with Crippen LogP contribution in [0.5, 0.6) is 0 Å². The lowest BCUT2D eigenvalue weighted by atomic mass is 9.60. The Hall–Kier alpha value is -2.85. The van der Waals surface area contributed by atoms with Crippen LogP contribution in [0.2, 0.25) is 5.02 Å². The van der Waals surface area contributed by atoms with Crippen LogP contribution in [0.4, 0.5) is 0 Å². The van der Waals surface area contributed by atoms with E-state index in [1.165, 1.54) is 6.07 Å². The Morgan fingerprint density at radius 2 is 1.89 bits per heavy atom. The summed E-state index contributed by atoms with van der Waals surface area (Å²) in [6.07, 6.45) is 2.45. The van der Waals surface area contributed by atoms with Gasteiger partial charge in [-0.2, -0.15) is 8.42 Å². The Kier molecular flexibility index (Phi) is 6.72. The molecule has 1 saturated carbocycles. The number of oxazole rings is 1. The summed E-state index contributed by atoms with van der Waals surface area (Å²) in [6, 6.07) is 7.61. The van der Waals surface area contributed by atoms with Gasteiger partial charge in [-0.05, 0) is 61.9 Å². The van der Waals surface area contributed by atoms with Crippen molar-refractivity contribution < 1.29 is 26.8 Å². The van der Waals surface area contributed by atoms with Gasteiger partial charge in [0.15, 0.2) is 17.2 Å². The van der Waals surface area contributed by atoms with Crippen molar-refractivity contribution in [1.82, 2.24) is 15.0 Å². The van der Waals surface area contributed by atoms with Crippen molar-refractivity contribution in [3.05, 3.63) is 47.0 Å². The molecule has 0 aliphatic heterocycles. The third-order valence-electron chi connectivity index (χ3n) is 6.20. The number of aromatic nitrogens is 1. The highest BCUT2D eigenvalue weighted by atomic mass is 35.5. The van der Waals surface area contributed by atoms with Gasteiger partial charge >= 0.3 is 0 Å². The van der Waals surface area contributed by atoms with Gasteiger partial charge in [0.2, 0.25) is 11.0 Å². The second-order valence-electron chi connectivity index (χ2n) is 9.90. The minimum Gasteiger partial charge on any atom is -0.440 e. The molecule has 2 amide bonds. The number of carbonyl (C=O) groups is 2. The molecule has 1 fully saturated rings. The third-order valence-corrected chi connectivity index (χ3v) is 7.65. The second-order valence-corrected chi connectivity index (χ2v) is 12.0. The first kappa shape index (κ1) is 25.2. The molecule has 2 N–H and O–H groups in total. The number of halogens is 1. The van der Waals surface area contributed by atoms with Crippen molar-refractivity contribution >= 4 is 44.5 Å². The van der Waals surface area contributed by atoms with Crippen molar-refractivity contribution in [3.8, 4) is 0 Å². The molecule has 0 saturated heterocycles. The van der Waals surface area contributed by atoms with Crippen molar-refractivity contribution in [1.29, 1.82) is 0 Å². The number of benzene rings is 1. The maximum atomic E-state index is 12.6. The Balaban J connectivity index is 1.32. The predicted molar refractivity (Wildman–Crippen MR) is 130 cm³/mol. The average Bonchev–Trinajstić information content (AvgIpc) is 3.38. The topological polar surface area (TPSA) is 132 Å². The molecule has 0 spiro atoms. The van der Waals surface area contributed by atoms with E-state index in [9.17, 15) is 18.0 Å². The molecular formula is C24H28ClN3O6S. The van der Waals surface area contributed by atoms with Gasteiger partial charge in [-0.1, -0.05) is 32.4 Å². The summed E-state index contributed by atoms with van der Waals surface area (Å²) < 4.78 is 37.6. The Morgan fingerprint density at radius 1 is 1.17 bits per heavy atom. The zero-order valence-electron chi connectivity index (χ0n) is 19.9. The van der Waals surface area contributed by atoms with Crippen LogP contribution in [0.25, 0.3) is 11.1 Å². The van der Waals surface area contributed by atoms with E-state index in [0.717, 1.165) is 30.8 Å². The number of amides is 2. The molecule has 11 heteroatoms. The number of nitrogens with zero attached hydrogens (tertiary/aromatic N) is 1. The van der Waals surface area contributed by atoms with E-state index in [4.69, 9.17) is 20.4 Å². The van der Waals surface area contributed by atoms with Gasteiger partial charge in [0.25, 0.3) is 15.9 Å². The number of hydrogen-bond acceptors (Lipinski definition) is 7. The number of carbonyl (C=O) groups excluding carboxylic acids is 2. The van der Waals surface area contributed by atoms with E-state index in [-0.39, 0.29) is 23.1 Å². The Bertz CT molecular complexity index is 1370. The standard InChI is InChI=1S/C24H28ClN3O6S/c1-13(2)21(29)28-35(31,32)20-8-7-19(33-20)22(30)26-14(3)10-24(4)11-15(12-24)23-27-17-9-16(25)5-6-18(17)34-23/h5-9,13-15H,10-12H2,1-4H3,(H,26,30)(H,28,29)/t14-,15-,24+/m0/s1. The lowest BCUT2D eigenvalue weighted by Crippen LogP contribution is -2.41. The van der Waals surface area contributed by atoms with E-state index < -0.39 is 32.8 Å². The first-order chi connectivity index (χ1) is 16.3. The summed E-state index contributed by atoms with van der Waals surface area (Å²) in [6.45, 7) is 7.19. The smallest absolute Gasteiger partial charge is 0.297 e. The number of rotatable bonds is 8. The predicted octanol–water partition coefficient (Wildman–Crippen LogP) is 4.63. The van der Waals surface area contributed by atoms with Gasteiger partial charge < -0.3 is 14.2 Å². The molecule has 35 heavy (non-hydrogen) atoms. The summed E-state index contributed by atoms with van der Waals surface area (Å²) in [4.78, 5) is 28.9. The van der Waals surface area contributed by atoms with Crippen LogP contribution in [0.1, 0.15) is 69.3 Å². The lowest BCUT2D eigenvalue weighted by molar-refractivity contribution is -0.122. The van der Waals surface area contributed by atoms with Crippen molar-refractivity contribution in [3.63, 3.8) is 0 Å². The quantitative estimate of drug-likeness (QED) is 0.441. The highest BCUT2D eigenvalue weighted by molar-refractivity contribution is 7.89. The van der Waals surface area contributed by atoms with E-state index >= 15 is 0 Å².